The van der Waals surface area contributed by atoms with E-state index in [2.05, 4.69) is 72.7 Å². The average molecular weight is 409 g/mol. The van der Waals surface area contributed by atoms with Gasteiger partial charge >= 0.3 is 0 Å². The molecule has 0 N–H and O–H groups in total. The summed E-state index contributed by atoms with van der Waals surface area (Å²) in [6.07, 6.45) is 0. The van der Waals surface area contributed by atoms with Gasteiger partial charge in [0.15, 0.2) is 0 Å². The van der Waals surface area contributed by atoms with Crippen LogP contribution < -0.4 is 0 Å². The zero-order chi connectivity index (χ0) is 20.4. The van der Waals surface area contributed by atoms with Gasteiger partial charge in [-0.15, -0.1) is 0 Å². The lowest BCUT2D eigenvalue weighted by atomic mass is 10.0. The number of ether oxygens (including phenoxy) is 1. The second-order valence-electron chi connectivity index (χ2n) is 8.12. The lowest BCUT2D eigenvalue weighted by Crippen LogP contribution is -2.35. The third-order valence-electron chi connectivity index (χ3n) is 5.81. The Labute approximate surface area is 178 Å². The molecule has 4 heteroatoms. The molecule has 1 aromatic heterocycles. The zero-order valence-electron chi connectivity index (χ0n) is 17.5. The molecule has 1 aliphatic rings. The molecule has 0 unspecified atom stereocenters. The van der Waals surface area contributed by atoms with E-state index in [4.69, 9.17) is 16.3 Å². The summed E-state index contributed by atoms with van der Waals surface area (Å²) in [5, 5.41) is 0.759. The molecule has 0 radical (unpaired) electrons. The standard InChI is InChI=1S/C25H29ClN2O/c1-18(2)20-4-6-21(7-5-20)25-16-22(17-27-12-14-29-15-13-27)19(3)28(25)24-10-8-23(26)9-11-24/h4-11,16,18H,12-15,17H2,1-3H3. The summed E-state index contributed by atoms with van der Waals surface area (Å²) < 4.78 is 7.88. The van der Waals surface area contributed by atoms with Crippen molar-refractivity contribution in [2.45, 2.75) is 33.2 Å². The van der Waals surface area contributed by atoms with E-state index >= 15 is 0 Å². The average Bonchev–Trinajstić information content (AvgIpc) is 3.05. The Morgan fingerprint density at radius 3 is 2.24 bits per heavy atom. The van der Waals surface area contributed by atoms with Crippen LogP contribution in [0.3, 0.4) is 0 Å². The fourth-order valence-electron chi connectivity index (χ4n) is 3.99. The van der Waals surface area contributed by atoms with E-state index in [0.717, 1.165) is 43.6 Å². The molecular weight excluding hydrogens is 380 g/mol. The van der Waals surface area contributed by atoms with Gasteiger partial charge in [-0.2, -0.15) is 0 Å². The summed E-state index contributed by atoms with van der Waals surface area (Å²) >= 11 is 6.15. The summed E-state index contributed by atoms with van der Waals surface area (Å²) in [5.74, 6) is 0.533. The zero-order valence-corrected chi connectivity index (χ0v) is 18.2. The van der Waals surface area contributed by atoms with Crippen LogP contribution in [-0.2, 0) is 11.3 Å². The third kappa shape index (κ3) is 4.42. The molecule has 2 heterocycles. The first kappa shape index (κ1) is 20.2. The van der Waals surface area contributed by atoms with Gasteiger partial charge < -0.3 is 9.30 Å². The van der Waals surface area contributed by atoms with Crippen LogP contribution in [0.1, 0.15) is 36.6 Å². The molecule has 0 aliphatic carbocycles. The van der Waals surface area contributed by atoms with Gasteiger partial charge in [-0.3, -0.25) is 4.90 Å². The topological polar surface area (TPSA) is 17.4 Å². The highest BCUT2D eigenvalue weighted by Crippen LogP contribution is 2.31. The number of benzene rings is 2. The number of rotatable bonds is 5. The van der Waals surface area contributed by atoms with Gasteiger partial charge in [-0.05, 0) is 59.9 Å². The van der Waals surface area contributed by atoms with Crippen LogP contribution in [0.25, 0.3) is 16.9 Å². The van der Waals surface area contributed by atoms with E-state index in [-0.39, 0.29) is 0 Å². The summed E-state index contributed by atoms with van der Waals surface area (Å²) in [4.78, 5) is 2.48. The fourth-order valence-corrected chi connectivity index (χ4v) is 4.12. The maximum Gasteiger partial charge on any atom is 0.0594 e. The lowest BCUT2D eigenvalue weighted by Gasteiger charge is -2.26. The monoisotopic (exact) mass is 408 g/mol. The van der Waals surface area contributed by atoms with Crippen molar-refractivity contribution in [3.05, 3.63) is 76.4 Å². The van der Waals surface area contributed by atoms with Gasteiger partial charge in [-0.25, -0.2) is 0 Å². The number of aromatic nitrogens is 1. The number of nitrogens with zero attached hydrogens (tertiary/aromatic N) is 2. The molecule has 1 fully saturated rings. The Balaban J connectivity index is 1.77. The summed E-state index contributed by atoms with van der Waals surface area (Å²) in [7, 11) is 0. The second-order valence-corrected chi connectivity index (χ2v) is 8.55. The second kappa shape index (κ2) is 8.74. The molecule has 1 saturated heterocycles. The first-order valence-electron chi connectivity index (χ1n) is 10.4. The molecule has 3 aromatic rings. The molecule has 0 bridgehead atoms. The number of hydrogen-bond acceptors (Lipinski definition) is 2. The van der Waals surface area contributed by atoms with Crippen molar-refractivity contribution in [3.63, 3.8) is 0 Å². The van der Waals surface area contributed by atoms with Crippen LogP contribution in [0.5, 0.6) is 0 Å². The van der Waals surface area contributed by atoms with E-state index in [9.17, 15) is 0 Å². The highest BCUT2D eigenvalue weighted by atomic mass is 35.5. The maximum absolute atomic E-state index is 6.15. The van der Waals surface area contributed by atoms with Crippen LogP contribution in [-0.4, -0.2) is 35.8 Å². The summed E-state index contributed by atoms with van der Waals surface area (Å²) in [6, 6.07) is 19.5. The Bertz CT molecular complexity index is 952. The molecule has 0 saturated carbocycles. The number of hydrogen-bond donors (Lipinski definition) is 0. The Morgan fingerprint density at radius 2 is 1.62 bits per heavy atom. The minimum atomic E-state index is 0.533. The first-order valence-corrected chi connectivity index (χ1v) is 10.8. The predicted molar refractivity (Wildman–Crippen MR) is 121 cm³/mol. The first-order chi connectivity index (χ1) is 14.0. The van der Waals surface area contributed by atoms with Crippen molar-refractivity contribution in [2.75, 3.05) is 26.3 Å². The van der Waals surface area contributed by atoms with Crippen LogP contribution in [0.15, 0.2) is 54.6 Å². The quantitative estimate of drug-likeness (QED) is 0.510. The highest BCUT2D eigenvalue weighted by Gasteiger charge is 2.18. The van der Waals surface area contributed by atoms with Gasteiger partial charge in [0.2, 0.25) is 0 Å². The Kier molecular flexibility index (Phi) is 6.09. The van der Waals surface area contributed by atoms with E-state index in [0.29, 0.717) is 5.92 Å². The molecule has 1 aliphatic heterocycles. The Hall–Kier alpha value is -2.07. The van der Waals surface area contributed by atoms with Gasteiger partial charge in [0, 0.05) is 36.0 Å². The molecule has 29 heavy (non-hydrogen) atoms. The lowest BCUT2D eigenvalue weighted by molar-refractivity contribution is 0.0341. The van der Waals surface area contributed by atoms with Crippen LogP contribution >= 0.6 is 11.6 Å². The van der Waals surface area contributed by atoms with Crippen LogP contribution in [0, 0.1) is 6.92 Å². The van der Waals surface area contributed by atoms with Crippen molar-refractivity contribution in [1.82, 2.24) is 9.47 Å². The predicted octanol–water partition coefficient (Wildman–Crippen LogP) is 6.06. The van der Waals surface area contributed by atoms with Crippen molar-refractivity contribution in [3.8, 4) is 16.9 Å². The molecule has 3 nitrogen and oxygen atoms in total. The van der Waals surface area contributed by atoms with Gasteiger partial charge in [0.05, 0.1) is 18.9 Å². The van der Waals surface area contributed by atoms with Crippen molar-refractivity contribution < 1.29 is 4.74 Å². The summed E-state index contributed by atoms with van der Waals surface area (Å²) in [6.45, 7) is 11.3. The largest absolute Gasteiger partial charge is 0.379 e. The SMILES string of the molecule is Cc1c(CN2CCOCC2)cc(-c2ccc(C(C)C)cc2)n1-c1ccc(Cl)cc1. The van der Waals surface area contributed by atoms with Crippen molar-refractivity contribution >= 4 is 11.6 Å². The number of halogens is 1. The minimum Gasteiger partial charge on any atom is -0.379 e. The molecule has 0 amide bonds. The smallest absolute Gasteiger partial charge is 0.0594 e. The molecule has 0 spiro atoms. The van der Waals surface area contributed by atoms with Crippen molar-refractivity contribution in [1.29, 1.82) is 0 Å². The molecule has 2 aromatic carbocycles. The van der Waals surface area contributed by atoms with Gasteiger partial charge in [0.1, 0.15) is 0 Å². The third-order valence-corrected chi connectivity index (χ3v) is 6.06. The molecule has 152 valence electrons. The highest BCUT2D eigenvalue weighted by molar-refractivity contribution is 6.30. The van der Waals surface area contributed by atoms with Gasteiger partial charge in [0.25, 0.3) is 0 Å². The van der Waals surface area contributed by atoms with Crippen molar-refractivity contribution in [2.24, 2.45) is 0 Å². The number of morpholine rings is 1. The van der Waals surface area contributed by atoms with Crippen LogP contribution in [0.2, 0.25) is 5.02 Å². The maximum atomic E-state index is 6.15. The Morgan fingerprint density at radius 1 is 0.966 bits per heavy atom. The normalized spacial score (nSPS) is 15.2. The van der Waals surface area contributed by atoms with Crippen LogP contribution in [0.4, 0.5) is 0 Å². The molecule has 4 rings (SSSR count). The van der Waals surface area contributed by atoms with E-state index < -0.39 is 0 Å². The van der Waals surface area contributed by atoms with E-state index in [1.54, 1.807) is 0 Å². The molecular formula is C25H29ClN2O. The minimum absolute atomic E-state index is 0.533. The van der Waals surface area contributed by atoms with E-state index in [1.165, 1.54) is 28.1 Å². The molecule has 0 atom stereocenters. The fraction of sp³-hybridized carbons (Fsp3) is 0.360. The summed E-state index contributed by atoms with van der Waals surface area (Å²) in [5.41, 5.74) is 7.61. The van der Waals surface area contributed by atoms with Gasteiger partial charge in [-0.1, -0.05) is 49.7 Å². The van der Waals surface area contributed by atoms with E-state index in [1.807, 2.05) is 12.1 Å².